The van der Waals surface area contributed by atoms with Gasteiger partial charge in [0.05, 0.1) is 7.11 Å². The van der Waals surface area contributed by atoms with Gasteiger partial charge in [-0.2, -0.15) is 0 Å². The largest absolute Gasteiger partial charge is 0.468 e. The van der Waals surface area contributed by atoms with Crippen LogP contribution < -0.4 is 10.6 Å². The summed E-state index contributed by atoms with van der Waals surface area (Å²) in [5.74, 6) is -1.54. The number of benzene rings is 1. The summed E-state index contributed by atoms with van der Waals surface area (Å²) in [7, 11) is 1.23. The Morgan fingerprint density at radius 3 is 2.15 bits per heavy atom. The molecule has 0 saturated heterocycles. The topological polar surface area (TPSA) is 114 Å². The molecule has 0 fully saturated rings. The van der Waals surface area contributed by atoms with E-state index in [1.807, 2.05) is 39.0 Å². The number of alkyl carbamates (subject to hydrolysis) is 1. The summed E-state index contributed by atoms with van der Waals surface area (Å²) < 4.78 is 9.89. The molecule has 9 heteroatoms. The number of nitrogens with one attached hydrogen (secondary N) is 2. The molecule has 0 aromatic heterocycles. The van der Waals surface area contributed by atoms with Gasteiger partial charge in [0.15, 0.2) is 0 Å². The minimum Gasteiger partial charge on any atom is -0.468 e. The van der Waals surface area contributed by atoms with Gasteiger partial charge in [-0.3, -0.25) is 14.4 Å². The lowest BCUT2D eigenvalue weighted by atomic mass is 9.98. The van der Waals surface area contributed by atoms with Crippen molar-refractivity contribution in [1.82, 2.24) is 15.5 Å². The first kappa shape index (κ1) is 28.9. The number of esters is 1. The van der Waals surface area contributed by atoms with Crippen LogP contribution in [0.4, 0.5) is 4.79 Å². The highest BCUT2D eigenvalue weighted by atomic mass is 16.6. The average molecular weight is 478 g/mol. The van der Waals surface area contributed by atoms with E-state index in [4.69, 9.17) is 4.74 Å². The van der Waals surface area contributed by atoms with E-state index in [0.29, 0.717) is 18.5 Å². The van der Waals surface area contributed by atoms with Crippen LogP contribution in [0.15, 0.2) is 18.2 Å². The maximum absolute atomic E-state index is 13.5. The summed E-state index contributed by atoms with van der Waals surface area (Å²) >= 11 is 0. The Kier molecular flexibility index (Phi) is 11.0. The molecule has 2 unspecified atom stereocenters. The number of hydrogen-bond donors (Lipinski definition) is 2. The van der Waals surface area contributed by atoms with E-state index in [9.17, 15) is 19.2 Å². The van der Waals surface area contributed by atoms with Crippen LogP contribution in [0.25, 0.3) is 0 Å². The van der Waals surface area contributed by atoms with Gasteiger partial charge in [-0.25, -0.2) is 4.79 Å². The lowest BCUT2D eigenvalue weighted by Crippen LogP contribution is -2.52. The number of amides is 3. The number of rotatable bonds is 10. The molecule has 0 saturated carbocycles. The summed E-state index contributed by atoms with van der Waals surface area (Å²) in [4.78, 5) is 52.1. The van der Waals surface area contributed by atoms with Crippen LogP contribution in [0.3, 0.4) is 0 Å². The van der Waals surface area contributed by atoms with E-state index in [-0.39, 0.29) is 6.54 Å². The van der Waals surface area contributed by atoms with Crippen molar-refractivity contribution in [2.75, 3.05) is 20.2 Å². The first-order valence-electron chi connectivity index (χ1n) is 11.5. The number of hydrogen-bond acceptors (Lipinski definition) is 6. The van der Waals surface area contributed by atoms with Crippen LogP contribution >= 0.6 is 0 Å². The second-order valence-electron chi connectivity index (χ2n) is 9.37. The standard InChI is InChI=1S/C25H39N3O6/c1-9-10-11-28(23(31)18(4)27-24(32)34-25(5,6)7)21(22(30)26-15-20(29)33-8)19-13-16(2)12-17(3)14-19/h12-14,18,21H,9-11,15H2,1-8H3,(H,26,30)(H,27,32). The number of aryl methyl sites for hydroxylation is 2. The Balaban J connectivity index is 3.34. The van der Waals surface area contributed by atoms with Crippen molar-refractivity contribution in [2.24, 2.45) is 0 Å². The van der Waals surface area contributed by atoms with Crippen molar-refractivity contribution in [2.45, 2.75) is 79.0 Å². The highest BCUT2D eigenvalue weighted by molar-refractivity contribution is 5.93. The number of nitrogens with zero attached hydrogens (tertiary/aromatic N) is 1. The second kappa shape index (κ2) is 13.0. The molecule has 0 aliphatic rings. The van der Waals surface area contributed by atoms with Crippen LogP contribution in [-0.4, -0.2) is 60.6 Å². The van der Waals surface area contributed by atoms with Crippen LogP contribution in [-0.2, 0) is 23.9 Å². The van der Waals surface area contributed by atoms with Crippen molar-refractivity contribution < 1.29 is 28.7 Å². The molecule has 0 spiro atoms. The third-order valence-corrected chi connectivity index (χ3v) is 4.89. The SMILES string of the molecule is CCCCN(C(=O)C(C)NC(=O)OC(C)(C)C)C(C(=O)NCC(=O)OC)c1cc(C)cc(C)c1. The molecule has 1 rings (SSSR count). The molecule has 2 N–H and O–H groups in total. The minimum absolute atomic E-state index is 0.291. The van der Waals surface area contributed by atoms with Crippen LogP contribution in [0.1, 0.15) is 70.2 Å². The zero-order valence-electron chi connectivity index (χ0n) is 21.6. The first-order chi connectivity index (χ1) is 15.8. The predicted molar refractivity (Wildman–Crippen MR) is 129 cm³/mol. The number of methoxy groups -OCH3 is 1. The van der Waals surface area contributed by atoms with Gasteiger partial charge in [-0.15, -0.1) is 0 Å². The van der Waals surface area contributed by atoms with E-state index in [0.717, 1.165) is 17.5 Å². The van der Waals surface area contributed by atoms with Gasteiger partial charge < -0.3 is 25.0 Å². The molecule has 0 radical (unpaired) electrons. The molecular weight excluding hydrogens is 438 g/mol. The van der Waals surface area contributed by atoms with Gasteiger partial charge in [0.1, 0.15) is 24.2 Å². The van der Waals surface area contributed by atoms with Crippen LogP contribution in [0, 0.1) is 13.8 Å². The molecule has 0 aliphatic heterocycles. The van der Waals surface area contributed by atoms with E-state index in [2.05, 4.69) is 15.4 Å². The van der Waals surface area contributed by atoms with Crippen molar-refractivity contribution in [3.63, 3.8) is 0 Å². The molecule has 0 heterocycles. The zero-order chi connectivity index (χ0) is 26.1. The Morgan fingerprint density at radius 2 is 1.65 bits per heavy atom. The molecule has 0 bridgehead atoms. The summed E-state index contributed by atoms with van der Waals surface area (Å²) in [6.45, 7) is 12.5. The molecule has 9 nitrogen and oxygen atoms in total. The number of unbranched alkanes of at least 4 members (excludes halogenated alkanes) is 1. The number of carbonyl (C=O) groups is 4. The van der Waals surface area contributed by atoms with Gasteiger partial charge in [0.25, 0.3) is 0 Å². The first-order valence-corrected chi connectivity index (χ1v) is 11.5. The fourth-order valence-electron chi connectivity index (χ4n) is 3.46. The van der Waals surface area contributed by atoms with Gasteiger partial charge in [-0.05, 0) is 53.5 Å². The van der Waals surface area contributed by atoms with Crippen molar-refractivity contribution in [3.05, 3.63) is 34.9 Å². The second-order valence-corrected chi connectivity index (χ2v) is 9.37. The Hall–Kier alpha value is -3.10. The minimum atomic E-state index is -0.995. The van der Waals surface area contributed by atoms with E-state index < -0.39 is 41.6 Å². The molecule has 1 aromatic carbocycles. The smallest absolute Gasteiger partial charge is 0.408 e. The van der Waals surface area contributed by atoms with Gasteiger partial charge in [0, 0.05) is 6.54 Å². The monoisotopic (exact) mass is 477 g/mol. The van der Waals surface area contributed by atoms with Crippen molar-refractivity contribution >= 4 is 23.9 Å². The molecule has 0 aliphatic carbocycles. The zero-order valence-corrected chi connectivity index (χ0v) is 21.6. The lowest BCUT2D eigenvalue weighted by Gasteiger charge is -2.34. The Morgan fingerprint density at radius 1 is 1.06 bits per heavy atom. The summed E-state index contributed by atoms with van der Waals surface area (Å²) in [6.07, 6.45) is 0.721. The van der Waals surface area contributed by atoms with Gasteiger partial charge in [0.2, 0.25) is 11.8 Å². The summed E-state index contributed by atoms with van der Waals surface area (Å²) in [5, 5.41) is 5.14. The average Bonchev–Trinajstić information content (AvgIpc) is 2.71. The number of carbonyl (C=O) groups excluding carboxylic acids is 4. The normalized spacial score (nSPS) is 12.8. The van der Waals surface area contributed by atoms with Crippen molar-refractivity contribution in [1.29, 1.82) is 0 Å². The molecule has 2 atom stereocenters. The quantitative estimate of drug-likeness (QED) is 0.501. The molecule has 3 amide bonds. The molecule has 1 aromatic rings. The molecular formula is C25H39N3O6. The Labute approximate surface area is 202 Å². The van der Waals surface area contributed by atoms with Crippen LogP contribution in [0.2, 0.25) is 0 Å². The van der Waals surface area contributed by atoms with Gasteiger partial charge >= 0.3 is 12.1 Å². The van der Waals surface area contributed by atoms with Crippen LogP contribution in [0.5, 0.6) is 0 Å². The van der Waals surface area contributed by atoms with Gasteiger partial charge in [-0.1, -0.05) is 42.7 Å². The highest BCUT2D eigenvalue weighted by Gasteiger charge is 2.34. The Bertz CT molecular complexity index is 858. The summed E-state index contributed by atoms with van der Waals surface area (Å²) in [5.41, 5.74) is 1.77. The molecule has 34 heavy (non-hydrogen) atoms. The van der Waals surface area contributed by atoms with Crippen molar-refractivity contribution in [3.8, 4) is 0 Å². The van der Waals surface area contributed by atoms with E-state index in [1.54, 1.807) is 27.7 Å². The van der Waals surface area contributed by atoms with E-state index >= 15 is 0 Å². The predicted octanol–water partition coefficient (Wildman–Crippen LogP) is 3.18. The molecule has 190 valence electrons. The maximum atomic E-state index is 13.5. The number of ether oxygens (including phenoxy) is 2. The van der Waals surface area contributed by atoms with E-state index in [1.165, 1.54) is 12.0 Å². The summed E-state index contributed by atoms with van der Waals surface area (Å²) in [6, 6.07) is 3.72. The highest BCUT2D eigenvalue weighted by Crippen LogP contribution is 2.25. The maximum Gasteiger partial charge on any atom is 0.408 e. The fourth-order valence-corrected chi connectivity index (χ4v) is 3.46. The third-order valence-electron chi connectivity index (χ3n) is 4.89. The fraction of sp³-hybridized carbons (Fsp3) is 0.600. The lowest BCUT2D eigenvalue weighted by molar-refractivity contribution is -0.144. The third kappa shape index (κ3) is 9.41.